The number of piperidine rings is 1. The quantitative estimate of drug-likeness (QED) is 0.703. The number of hydrogen-bond acceptors (Lipinski definition) is 4. The molecule has 0 unspecified atom stereocenters. The highest BCUT2D eigenvalue weighted by Crippen LogP contribution is 2.26. The molecule has 0 spiro atoms. The van der Waals surface area contributed by atoms with E-state index in [9.17, 15) is 4.79 Å². The van der Waals surface area contributed by atoms with E-state index in [2.05, 4.69) is 0 Å². The lowest BCUT2D eigenvalue weighted by Crippen LogP contribution is -2.44. The zero-order valence-corrected chi connectivity index (χ0v) is 11.0. The van der Waals surface area contributed by atoms with Gasteiger partial charge in [0.05, 0.1) is 19.3 Å². The van der Waals surface area contributed by atoms with Crippen molar-refractivity contribution in [2.45, 2.75) is 50.6 Å². The number of hydrogen-bond donors (Lipinski definition) is 0. The predicted molar refractivity (Wildman–Crippen MR) is 69.7 cm³/mol. The highest BCUT2D eigenvalue weighted by molar-refractivity contribution is 5.79. The summed E-state index contributed by atoms with van der Waals surface area (Å²) in [4.78, 5) is 13.2. The Labute approximate surface area is 115 Å². The molecule has 1 saturated heterocycles. The van der Waals surface area contributed by atoms with Crippen molar-refractivity contribution in [3.63, 3.8) is 0 Å². The first-order valence-electron chi connectivity index (χ1n) is 8.71. The van der Waals surface area contributed by atoms with E-state index in [0.29, 0.717) is 19.8 Å². The average Bonchev–Trinajstić information content (AvgIpc) is 2.47. The van der Waals surface area contributed by atoms with Gasteiger partial charge in [0.2, 0.25) is 0 Å². The van der Waals surface area contributed by atoms with Crippen molar-refractivity contribution in [2.24, 2.45) is 0 Å². The van der Waals surface area contributed by atoms with Crippen LogP contribution in [0.3, 0.4) is 0 Å². The van der Waals surface area contributed by atoms with Crippen LogP contribution in [0.15, 0.2) is 0 Å². The second kappa shape index (κ2) is 7.22. The van der Waals surface area contributed by atoms with Crippen molar-refractivity contribution < 1.29 is 19.8 Å². The van der Waals surface area contributed by atoms with E-state index < -0.39 is 18.7 Å². The molecule has 0 bridgehead atoms. The van der Waals surface area contributed by atoms with E-state index in [1.54, 1.807) is 12.0 Å². The fraction of sp³-hybridized carbons (Fsp3) is 0.929. The molecule has 2 aliphatic rings. The SMILES string of the molecule is [2H]C1([2H])C(=O)CCN([C@H]2CC[C@H](OCCOC)CC2)C1([2H])[2H]. The van der Waals surface area contributed by atoms with Crippen LogP contribution in [0.5, 0.6) is 0 Å². The zero-order valence-electron chi connectivity index (χ0n) is 15.0. The molecule has 0 amide bonds. The van der Waals surface area contributed by atoms with Crippen molar-refractivity contribution in [2.75, 3.05) is 33.4 Å². The fourth-order valence-electron chi connectivity index (χ4n) is 2.57. The summed E-state index contributed by atoms with van der Waals surface area (Å²) in [7, 11) is 1.63. The minimum absolute atomic E-state index is 0.0274. The second-order valence-electron chi connectivity index (χ2n) is 4.90. The third kappa shape index (κ3) is 4.04. The number of rotatable bonds is 5. The third-order valence-electron chi connectivity index (χ3n) is 3.64. The van der Waals surface area contributed by atoms with Crippen LogP contribution in [-0.4, -0.2) is 56.2 Å². The van der Waals surface area contributed by atoms with E-state index >= 15 is 0 Å². The molecule has 1 heterocycles. The van der Waals surface area contributed by atoms with Gasteiger partial charge >= 0.3 is 0 Å². The molecule has 0 aromatic rings. The molecule has 4 nitrogen and oxygen atoms in total. The molecule has 0 radical (unpaired) electrons. The number of ketones is 1. The summed E-state index contributed by atoms with van der Waals surface area (Å²) >= 11 is 0. The van der Waals surface area contributed by atoms with Crippen LogP contribution < -0.4 is 0 Å². The maximum atomic E-state index is 11.7. The lowest BCUT2D eigenvalue weighted by Gasteiger charge is -2.38. The molecule has 0 atom stereocenters. The molecule has 4 heteroatoms. The first-order valence-corrected chi connectivity index (χ1v) is 6.71. The normalized spacial score (nSPS) is 39.5. The first-order chi connectivity index (χ1) is 10.3. The lowest BCUT2D eigenvalue weighted by molar-refractivity contribution is -0.122. The maximum absolute atomic E-state index is 11.7. The Balaban J connectivity index is 1.92. The van der Waals surface area contributed by atoms with Crippen molar-refractivity contribution in [1.29, 1.82) is 0 Å². The molecule has 104 valence electrons. The molecule has 2 rings (SSSR count). The largest absolute Gasteiger partial charge is 0.382 e. The molecule has 1 saturated carbocycles. The standard InChI is InChI=1S/C14H25NO3/c1-17-10-11-18-14-4-2-12(3-5-14)15-8-6-13(16)7-9-15/h12,14H,2-11H2,1H3/t12-,14-/i6D2,8D2. The van der Waals surface area contributed by atoms with Gasteiger partial charge < -0.3 is 9.47 Å². The summed E-state index contributed by atoms with van der Waals surface area (Å²) in [5.74, 6) is -0.634. The molecule has 18 heavy (non-hydrogen) atoms. The fourth-order valence-corrected chi connectivity index (χ4v) is 2.57. The van der Waals surface area contributed by atoms with Crippen LogP contribution >= 0.6 is 0 Å². The van der Waals surface area contributed by atoms with E-state index in [4.69, 9.17) is 15.0 Å². The topological polar surface area (TPSA) is 38.8 Å². The monoisotopic (exact) mass is 259 g/mol. The molecule has 1 aliphatic carbocycles. The van der Waals surface area contributed by atoms with Crippen molar-refractivity contribution in [3.8, 4) is 0 Å². The number of ether oxygens (including phenoxy) is 2. The van der Waals surface area contributed by atoms with Gasteiger partial charge in [-0.1, -0.05) is 0 Å². The molecule has 0 aromatic carbocycles. The summed E-state index contributed by atoms with van der Waals surface area (Å²) in [6, 6.07) is -0.0274. The smallest absolute Gasteiger partial charge is 0.135 e. The zero-order chi connectivity index (χ0) is 16.4. The first kappa shape index (κ1) is 9.45. The Morgan fingerprint density at radius 2 is 2.11 bits per heavy atom. The van der Waals surface area contributed by atoms with Gasteiger partial charge in [-0.05, 0) is 25.7 Å². The van der Waals surface area contributed by atoms with Crippen molar-refractivity contribution >= 4 is 5.78 Å². The third-order valence-corrected chi connectivity index (χ3v) is 3.64. The summed E-state index contributed by atoms with van der Waals surface area (Å²) in [5, 5.41) is 0. The van der Waals surface area contributed by atoms with E-state index in [1.807, 2.05) is 0 Å². The van der Waals surface area contributed by atoms with Gasteiger partial charge in [-0.3, -0.25) is 9.69 Å². The van der Waals surface area contributed by atoms with Gasteiger partial charge in [0.1, 0.15) is 5.78 Å². The molecular formula is C14H25NO3. The number of carbonyl (C=O) groups is 1. The van der Waals surface area contributed by atoms with Crippen LogP contribution in [0.1, 0.15) is 44.0 Å². The predicted octanol–water partition coefficient (Wildman–Crippen LogP) is 1.63. The van der Waals surface area contributed by atoms with E-state index in [1.165, 1.54) is 0 Å². The number of carbonyl (C=O) groups excluding carboxylic acids is 1. The number of Topliss-reactive ketones (excluding diaryl/α,β-unsaturated/α-hetero) is 1. The van der Waals surface area contributed by atoms with E-state index in [-0.39, 0.29) is 18.6 Å². The van der Waals surface area contributed by atoms with Crippen LogP contribution in [0, 0.1) is 0 Å². The summed E-state index contributed by atoms with van der Waals surface area (Å²) in [5.41, 5.74) is 0. The maximum Gasteiger partial charge on any atom is 0.135 e. The molecule has 0 N–H and O–H groups in total. The summed E-state index contributed by atoms with van der Waals surface area (Å²) in [6.45, 7) is -0.813. The Morgan fingerprint density at radius 3 is 2.83 bits per heavy atom. The molecule has 1 aliphatic heterocycles. The lowest BCUT2D eigenvalue weighted by atomic mass is 9.90. The Hall–Kier alpha value is -0.450. The van der Waals surface area contributed by atoms with E-state index in [0.717, 1.165) is 25.7 Å². The molecule has 0 aromatic heterocycles. The average molecular weight is 259 g/mol. The van der Waals surface area contributed by atoms with Gasteiger partial charge in [-0.2, -0.15) is 0 Å². The van der Waals surface area contributed by atoms with Crippen LogP contribution in [-0.2, 0) is 14.3 Å². The van der Waals surface area contributed by atoms with Crippen LogP contribution in [0.4, 0.5) is 0 Å². The number of likely N-dealkylation sites (tertiary alicyclic amines) is 1. The van der Waals surface area contributed by atoms with Gasteiger partial charge in [-0.25, -0.2) is 0 Å². The minimum atomic E-state index is -2.43. The van der Waals surface area contributed by atoms with Crippen LogP contribution in [0.25, 0.3) is 0 Å². The van der Waals surface area contributed by atoms with Crippen LogP contribution in [0.2, 0.25) is 0 Å². The minimum Gasteiger partial charge on any atom is -0.382 e. The Kier molecular flexibility index (Phi) is 3.79. The Bertz CT molecular complexity index is 398. The summed E-state index contributed by atoms with van der Waals surface area (Å²) < 4.78 is 42.4. The van der Waals surface area contributed by atoms with Gasteiger partial charge in [-0.15, -0.1) is 0 Å². The van der Waals surface area contributed by atoms with Gasteiger partial charge in [0.15, 0.2) is 0 Å². The van der Waals surface area contributed by atoms with Gasteiger partial charge in [0.25, 0.3) is 0 Å². The number of methoxy groups -OCH3 is 1. The van der Waals surface area contributed by atoms with Crippen molar-refractivity contribution in [1.82, 2.24) is 4.90 Å². The van der Waals surface area contributed by atoms with Crippen molar-refractivity contribution in [3.05, 3.63) is 0 Å². The van der Waals surface area contributed by atoms with Gasteiger partial charge in [0, 0.05) is 44.5 Å². The highest BCUT2D eigenvalue weighted by Gasteiger charge is 2.28. The Morgan fingerprint density at radius 1 is 1.33 bits per heavy atom. The molecular weight excluding hydrogens is 230 g/mol. The molecule has 2 fully saturated rings. The highest BCUT2D eigenvalue weighted by atomic mass is 16.5. The second-order valence-corrected chi connectivity index (χ2v) is 4.90. The number of nitrogens with zero attached hydrogens (tertiary/aromatic N) is 1. The summed E-state index contributed by atoms with van der Waals surface area (Å²) in [6.07, 6.45) is 1.01.